The fraction of sp³-hybridized carbons (Fsp3) is 0.368. The molecule has 1 atom stereocenters. The molecule has 1 aliphatic heterocycles. The lowest BCUT2D eigenvalue weighted by Crippen LogP contribution is -2.34. The summed E-state index contributed by atoms with van der Waals surface area (Å²) in [5.41, 5.74) is 0.962. The fourth-order valence-corrected chi connectivity index (χ4v) is 3.96. The van der Waals surface area contributed by atoms with E-state index in [9.17, 15) is 8.42 Å². The molecule has 7 nitrogen and oxygen atoms in total. The lowest BCUT2D eigenvalue weighted by atomic mass is 10.1. The minimum atomic E-state index is -3.69. The Hall–Kier alpha value is -2.29. The van der Waals surface area contributed by atoms with Crippen LogP contribution in [0.15, 0.2) is 47.4 Å². The monoisotopic (exact) mass is 392 g/mol. The van der Waals surface area contributed by atoms with Crippen LogP contribution in [0, 0.1) is 0 Å². The van der Waals surface area contributed by atoms with Gasteiger partial charge in [0.05, 0.1) is 12.0 Å². The maximum atomic E-state index is 12.7. The van der Waals surface area contributed by atoms with E-state index in [4.69, 9.17) is 14.2 Å². The van der Waals surface area contributed by atoms with Crippen LogP contribution < -0.4 is 18.9 Å². The predicted molar refractivity (Wildman–Crippen MR) is 102 cm³/mol. The van der Waals surface area contributed by atoms with Crippen LogP contribution in [0.4, 0.5) is 0 Å². The number of benzene rings is 2. The van der Waals surface area contributed by atoms with Gasteiger partial charge in [0, 0.05) is 18.7 Å². The molecule has 0 aliphatic carbocycles. The van der Waals surface area contributed by atoms with E-state index in [1.807, 2.05) is 43.3 Å². The maximum Gasteiger partial charge on any atom is 0.240 e. The number of hydrogen-bond donors (Lipinski definition) is 1. The Morgan fingerprint density at radius 2 is 1.85 bits per heavy atom. The van der Waals surface area contributed by atoms with Crippen molar-refractivity contribution in [2.24, 2.45) is 0 Å². The van der Waals surface area contributed by atoms with Gasteiger partial charge in [-0.25, -0.2) is 13.1 Å². The molecule has 0 bridgehead atoms. The zero-order valence-corrected chi connectivity index (χ0v) is 16.5. The van der Waals surface area contributed by atoms with Crippen molar-refractivity contribution in [3.8, 4) is 17.2 Å². The summed E-state index contributed by atoms with van der Waals surface area (Å²) >= 11 is 0. The lowest BCUT2D eigenvalue weighted by molar-refractivity contribution is 0.171. The topological polar surface area (TPSA) is 77.1 Å². The summed E-state index contributed by atoms with van der Waals surface area (Å²) in [4.78, 5) is 2.11. The van der Waals surface area contributed by atoms with E-state index < -0.39 is 10.0 Å². The Labute approximate surface area is 159 Å². The molecule has 146 valence electrons. The summed E-state index contributed by atoms with van der Waals surface area (Å²) in [5, 5.41) is 0. The average molecular weight is 392 g/mol. The highest BCUT2D eigenvalue weighted by Crippen LogP contribution is 2.32. The molecule has 1 N–H and O–H groups in total. The van der Waals surface area contributed by atoms with Crippen LogP contribution in [-0.4, -0.2) is 54.3 Å². The van der Waals surface area contributed by atoms with Gasteiger partial charge in [-0.1, -0.05) is 12.1 Å². The average Bonchev–Trinajstić information content (AvgIpc) is 2.67. The van der Waals surface area contributed by atoms with Gasteiger partial charge < -0.3 is 19.1 Å². The Morgan fingerprint density at radius 3 is 2.56 bits per heavy atom. The molecular formula is C19H24N2O5S. The van der Waals surface area contributed by atoms with E-state index in [1.54, 1.807) is 13.2 Å². The minimum absolute atomic E-state index is 0.146. The van der Waals surface area contributed by atoms with Crippen LogP contribution in [-0.2, 0) is 10.0 Å². The number of nitrogens with zero attached hydrogens (tertiary/aromatic N) is 1. The number of methoxy groups -OCH3 is 1. The quantitative estimate of drug-likeness (QED) is 0.777. The highest BCUT2D eigenvalue weighted by Gasteiger charge is 2.22. The van der Waals surface area contributed by atoms with Gasteiger partial charge in [-0.15, -0.1) is 0 Å². The van der Waals surface area contributed by atoms with Crippen molar-refractivity contribution in [1.82, 2.24) is 9.62 Å². The second kappa shape index (κ2) is 8.16. The molecule has 1 aliphatic rings. The first-order chi connectivity index (χ1) is 12.9. The van der Waals surface area contributed by atoms with Crippen molar-refractivity contribution in [3.63, 3.8) is 0 Å². The van der Waals surface area contributed by atoms with Gasteiger partial charge in [-0.05, 0) is 43.9 Å². The molecule has 0 amide bonds. The third kappa shape index (κ3) is 4.52. The van der Waals surface area contributed by atoms with E-state index in [-0.39, 0.29) is 17.5 Å². The van der Waals surface area contributed by atoms with Gasteiger partial charge in [0.25, 0.3) is 0 Å². The number of sulfonamides is 1. The number of nitrogens with one attached hydrogen (secondary N) is 1. The molecule has 2 aromatic carbocycles. The fourth-order valence-electron chi connectivity index (χ4n) is 2.91. The van der Waals surface area contributed by atoms with E-state index in [1.165, 1.54) is 12.1 Å². The van der Waals surface area contributed by atoms with Crippen molar-refractivity contribution in [2.75, 3.05) is 41.0 Å². The molecule has 0 aromatic heterocycles. The van der Waals surface area contributed by atoms with Crippen molar-refractivity contribution in [2.45, 2.75) is 10.9 Å². The second-order valence-corrected chi connectivity index (χ2v) is 8.18. The van der Waals surface area contributed by atoms with Crippen molar-refractivity contribution in [3.05, 3.63) is 48.0 Å². The van der Waals surface area contributed by atoms with Gasteiger partial charge in [0.1, 0.15) is 19.0 Å². The molecule has 0 spiro atoms. The third-order valence-electron chi connectivity index (χ3n) is 4.39. The van der Waals surface area contributed by atoms with Gasteiger partial charge in [-0.3, -0.25) is 0 Å². The van der Waals surface area contributed by atoms with E-state index in [2.05, 4.69) is 4.72 Å². The summed E-state index contributed by atoms with van der Waals surface area (Å²) in [6.07, 6.45) is 0. The number of ether oxygens (including phenoxy) is 3. The van der Waals surface area contributed by atoms with Gasteiger partial charge in [0.2, 0.25) is 10.0 Å². The SMILES string of the molecule is COc1cccc([C@@H](CNS(=O)(=O)c2ccc3c(c2)OCCO3)N(C)C)c1. The molecule has 0 fully saturated rings. The molecule has 1 heterocycles. The first kappa shape index (κ1) is 19.5. The molecule has 2 aromatic rings. The first-order valence-electron chi connectivity index (χ1n) is 8.60. The number of fused-ring (bicyclic) bond motifs is 1. The van der Waals surface area contributed by atoms with Crippen molar-refractivity contribution < 1.29 is 22.6 Å². The Morgan fingerprint density at radius 1 is 1.11 bits per heavy atom. The van der Waals surface area contributed by atoms with Crippen LogP contribution in [0.3, 0.4) is 0 Å². The minimum Gasteiger partial charge on any atom is -0.497 e. The molecule has 0 radical (unpaired) electrons. The standard InChI is InChI=1S/C19H24N2O5S/c1-21(2)17(14-5-4-6-15(11-14)24-3)13-20-27(22,23)16-7-8-18-19(12-16)26-10-9-25-18/h4-8,11-12,17,20H,9-10,13H2,1-3H3/t17-/m1/s1. The Kier molecular flexibility index (Phi) is 5.88. The highest BCUT2D eigenvalue weighted by atomic mass is 32.2. The van der Waals surface area contributed by atoms with Gasteiger partial charge >= 0.3 is 0 Å². The zero-order valence-electron chi connectivity index (χ0n) is 15.6. The number of hydrogen-bond acceptors (Lipinski definition) is 6. The summed E-state index contributed by atoms with van der Waals surface area (Å²) in [5.74, 6) is 1.73. The van der Waals surface area contributed by atoms with E-state index in [0.29, 0.717) is 24.7 Å². The molecule has 0 saturated heterocycles. The maximum absolute atomic E-state index is 12.7. The third-order valence-corrected chi connectivity index (χ3v) is 5.81. The van der Waals surface area contributed by atoms with Crippen molar-refractivity contribution >= 4 is 10.0 Å². The van der Waals surface area contributed by atoms with Gasteiger partial charge in [0.15, 0.2) is 11.5 Å². The van der Waals surface area contributed by atoms with E-state index in [0.717, 1.165) is 11.3 Å². The normalized spacial score (nSPS) is 14.8. The zero-order chi connectivity index (χ0) is 19.4. The molecule has 27 heavy (non-hydrogen) atoms. The summed E-state index contributed by atoms with van der Waals surface area (Å²) in [6.45, 7) is 1.09. The second-order valence-electron chi connectivity index (χ2n) is 6.41. The molecule has 0 saturated carbocycles. The van der Waals surface area contributed by atoms with Crippen LogP contribution >= 0.6 is 0 Å². The number of rotatable bonds is 7. The van der Waals surface area contributed by atoms with Crippen LogP contribution in [0.2, 0.25) is 0 Å². The Bertz CT molecular complexity index is 899. The predicted octanol–water partition coefficient (Wildman–Crippen LogP) is 2.05. The summed E-state index contributed by atoms with van der Waals surface area (Å²) in [7, 11) is 1.73. The summed E-state index contributed by atoms with van der Waals surface area (Å²) in [6, 6.07) is 12.1. The molecule has 8 heteroatoms. The molecule has 3 rings (SSSR count). The van der Waals surface area contributed by atoms with Crippen molar-refractivity contribution in [1.29, 1.82) is 0 Å². The Balaban J connectivity index is 1.78. The van der Waals surface area contributed by atoms with Crippen LogP contribution in [0.1, 0.15) is 11.6 Å². The largest absolute Gasteiger partial charge is 0.497 e. The molecule has 0 unspecified atom stereocenters. The van der Waals surface area contributed by atoms with Gasteiger partial charge in [-0.2, -0.15) is 0 Å². The smallest absolute Gasteiger partial charge is 0.240 e. The van der Waals surface area contributed by atoms with Crippen LogP contribution in [0.25, 0.3) is 0 Å². The molecular weight excluding hydrogens is 368 g/mol. The first-order valence-corrected chi connectivity index (χ1v) is 10.1. The lowest BCUT2D eigenvalue weighted by Gasteiger charge is -2.25. The summed E-state index contributed by atoms with van der Waals surface area (Å²) < 4.78 is 44.4. The van der Waals surface area contributed by atoms with E-state index >= 15 is 0 Å². The highest BCUT2D eigenvalue weighted by molar-refractivity contribution is 7.89. The van der Waals surface area contributed by atoms with Crippen LogP contribution in [0.5, 0.6) is 17.2 Å². The number of likely N-dealkylation sites (N-methyl/N-ethyl adjacent to an activating group) is 1.